The minimum absolute atomic E-state index is 0.0341. The minimum atomic E-state index is -0.0341. The molecule has 2 fully saturated rings. The Balaban J connectivity index is 1.89. The van der Waals surface area contributed by atoms with E-state index < -0.39 is 0 Å². The Morgan fingerprint density at radius 3 is 2.83 bits per heavy atom. The molecule has 2 heteroatoms. The highest BCUT2D eigenvalue weighted by molar-refractivity contribution is 5.25. The molecule has 2 unspecified atom stereocenters. The molecular weight excluding hydrogens is 225 g/mol. The number of rotatable bonds is 3. The van der Waals surface area contributed by atoms with Gasteiger partial charge in [0.15, 0.2) is 0 Å². The third-order valence-electron chi connectivity index (χ3n) is 4.80. The van der Waals surface area contributed by atoms with E-state index in [1.54, 1.807) is 12.1 Å². The van der Waals surface area contributed by atoms with E-state index in [1.807, 2.05) is 12.1 Å². The Labute approximate surface area is 109 Å². The van der Waals surface area contributed by atoms with Crippen molar-refractivity contribution in [3.63, 3.8) is 0 Å². The van der Waals surface area contributed by atoms with Gasteiger partial charge in [-0.15, -0.1) is 0 Å². The van der Waals surface area contributed by atoms with Crippen LogP contribution in [0, 0.1) is 17.2 Å². The zero-order valence-electron chi connectivity index (χ0n) is 11.1. The summed E-state index contributed by atoms with van der Waals surface area (Å²) in [7, 11) is 0. The zero-order chi connectivity index (χ0) is 12.6. The summed E-state index contributed by atoms with van der Waals surface area (Å²) in [6.07, 6.45) is 5.20. The molecule has 1 aliphatic heterocycles. The average Bonchev–Trinajstić information content (AvgIpc) is 3.14. The Hall–Kier alpha value is -0.890. The van der Waals surface area contributed by atoms with Crippen LogP contribution in [0.15, 0.2) is 24.3 Å². The molecule has 3 rings (SSSR count). The highest BCUT2D eigenvalue weighted by atomic mass is 19.1. The van der Waals surface area contributed by atoms with E-state index in [4.69, 9.17) is 0 Å². The van der Waals surface area contributed by atoms with Gasteiger partial charge in [0.2, 0.25) is 0 Å². The van der Waals surface area contributed by atoms with Gasteiger partial charge in [0.25, 0.3) is 0 Å². The Morgan fingerprint density at radius 1 is 1.33 bits per heavy atom. The summed E-state index contributed by atoms with van der Waals surface area (Å²) >= 11 is 0. The summed E-state index contributed by atoms with van der Waals surface area (Å²) in [6, 6.07) is 7.32. The van der Waals surface area contributed by atoms with Gasteiger partial charge < -0.3 is 5.32 Å². The van der Waals surface area contributed by atoms with Crippen LogP contribution in [0.4, 0.5) is 4.39 Å². The summed E-state index contributed by atoms with van der Waals surface area (Å²) in [4.78, 5) is 0. The predicted molar refractivity (Wildman–Crippen MR) is 72.1 cm³/mol. The second-order valence-corrected chi connectivity index (χ2v) is 6.33. The van der Waals surface area contributed by atoms with Crippen molar-refractivity contribution in [2.45, 2.75) is 38.5 Å². The molecule has 2 atom stereocenters. The monoisotopic (exact) mass is 247 g/mol. The van der Waals surface area contributed by atoms with Gasteiger partial charge in [0, 0.05) is 12.5 Å². The number of halogens is 1. The summed E-state index contributed by atoms with van der Waals surface area (Å²) in [6.45, 7) is 4.36. The number of nitrogens with one attached hydrogen (secondary N) is 1. The van der Waals surface area contributed by atoms with Crippen molar-refractivity contribution in [3.05, 3.63) is 35.6 Å². The first-order valence-electron chi connectivity index (χ1n) is 7.14. The highest BCUT2D eigenvalue weighted by Gasteiger charge is 2.42. The van der Waals surface area contributed by atoms with Crippen molar-refractivity contribution in [3.8, 4) is 0 Å². The number of piperidine rings is 1. The third kappa shape index (κ3) is 2.31. The largest absolute Gasteiger partial charge is 0.316 e. The molecule has 1 aliphatic carbocycles. The van der Waals surface area contributed by atoms with Gasteiger partial charge in [0.1, 0.15) is 5.82 Å². The van der Waals surface area contributed by atoms with E-state index in [1.165, 1.54) is 25.7 Å². The first-order chi connectivity index (χ1) is 8.69. The van der Waals surface area contributed by atoms with Crippen LogP contribution < -0.4 is 5.32 Å². The number of benzene rings is 1. The van der Waals surface area contributed by atoms with E-state index in [-0.39, 0.29) is 11.2 Å². The lowest BCUT2D eigenvalue weighted by Crippen LogP contribution is -2.42. The first kappa shape index (κ1) is 12.2. The molecule has 1 saturated carbocycles. The van der Waals surface area contributed by atoms with E-state index >= 15 is 0 Å². The van der Waals surface area contributed by atoms with Crippen LogP contribution in [0.25, 0.3) is 0 Å². The molecular formula is C16H22FN. The van der Waals surface area contributed by atoms with Crippen molar-refractivity contribution in [1.29, 1.82) is 0 Å². The molecule has 2 aliphatic rings. The summed E-state index contributed by atoms with van der Waals surface area (Å²) in [5.41, 5.74) is 1.18. The summed E-state index contributed by atoms with van der Waals surface area (Å²) < 4.78 is 14.0. The topological polar surface area (TPSA) is 12.0 Å². The van der Waals surface area contributed by atoms with Crippen LogP contribution in [-0.2, 0) is 0 Å². The fourth-order valence-corrected chi connectivity index (χ4v) is 3.51. The fourth-order valence-electron chi connectivity index (χ4n) is 3.51. The summed E-state index contributed by atoms with van der Waals surface area (Å²) in [5, 5.41) is 3.44. The Morgan fingerprint density at radius 2 is 2.11 bits per heavy atom. The molecule has 18 heavy (non-hydrogen) atoms. The lowest BCUT2D eigenvalue weighted by atomic mass is 9.66. The van der Waals surface area contributed by atoms with Crippen LogP contribution in [-0.4, -0.2) is 13.1 Å². The molecule has 1 aromatic rings. The molecule has 1 aromatic carbocycles. The quantitative estimate of drug-likeness (QED) is 0.858. The molecule has 0 bridgehead atoms. The smallest absolute Gasteiger partial charge is 0.126 e. The van der Waals surface area contributed by atoms with Crippen LogP contribution in [0.2, 0.25) is 0 Å². The Bertz CT molecular complexity index is 427. The van der Waals surface area contributed by atoms with Crippen LogP contribution in [0.1, 0.15) is 44.1 Å². The molecule has 0 aromatic heterocycles. The second-order valence-electron chi connectivity index (χ2n) is 6.33. The highest BCUT2D eigenvalue weighted by Crippen LogP contribution is 2.50. The predicted octanol–water partition coefficient (Wildman–Crippen LogP) is 3.71. The van der Waals surface area contributed by atoms with Crippen molar-refractivity contribution in [1.82, 2.24) is 5.32 Å². The molecule has 1 heterocycles. The van der Waals surface area contributed by atoms with Crippen LogP contribution in [0.5, 0.6) is 0 Å². The van der Waals surface area contributed by atoms with Gasteiger partial charge >= 0.3 is 0 Å². The lowest BCUT2D eigenvalue weighted by Gasteiger charge is -2.42. The molecule has 1 saturated heterocycles. The maximum atomic E-state index is 14.0. The Kier molecular flexibility index (Phi) is 3.14. The number of hydrogen-bond donors (Lipinski definition) is 1. The van der Waals surface area contributed by atoms with E-state index in [9.17, 15) is 4.39 Å². The zero-order valence-corrected chi connectivity index (χ0v) is 11.1. The normalized spacial score (nSPS) is 32.4. The van der Waals surface area contributed by atoms with Crippen molar-refractivity contribution < 1.29 is 4.39 Å². The van der Waals surface area contributed by atoms with Gasteiger partial charge in [-0.3, -0.25) is 0 Å². The van der Waals surface area contributed by atoms with Crippen molar-refractivity contribution in [2.75, 3.05) is 13.1 Å². The third-order valence-corrected chi connectivity index (χ3v) is 4.80. The van der Waals surface area contributed by atoms with Crippen LogP contribution in [0.3, 0.4) is 0 Å². The summed E-state index contributed by atoms with van der Waals surface area (Å²) in [5.74, 6) is 1.20. The molecule has 1 nitrogen and oxygen atoms in total. The maximum Gasteiger partial charge on any atom is 0.126 e. The maximum absolute atomic E-state index is 14.0. The van der Waals surface area contributed by atoms with Gasteiger partial charge in [-0.2, -0.15) is 0 Å². The average molecular weight is 247 g/mol. The minimum Gasteiger partial charge on any atom is -0.316 e. The van der Waals surface area contributed by atoms with Gasteiger partial charge in [-0.25, -0.2) is 4.39 Å². The second kappa shape index (κ2) is 4.65. The SMILES string of the molecule is CC1(CC2CC2)CCNCC1c1ccccc1F. The molecule has 0 amide bonds. The first-order valence-corrected chi connectivity index (χ1v) is 7.14. The fraction of sp³-hybridized carbons (Fsp3) is 0.625. The standard InChI is InChI=1S/C16H22FN/c1-16(10-12-6-7-12)8-9-18-11-14(16)13-4-2-3-5-15(13)17/h2-5,12,14,18H,6-11H2,1H3. The molecule has 1 N–H and O–H groups in total. The molecule has 0 spiro atoms. The number of hydrogen-bond acceptors (Lipinski definition) is 1. The van der Waals surface area contributed by atoms with E-state index in [2.05, 4.69) is 12.2 Å². The van der Waals surface area contributed by atoms with Crippen molar-refractivity contribution in [2.24, 2.45) is 11.3 Å². The van der Waals surface area contributed by atoms with Crippen LogP contribution >= 0.6 is 0 Å². The van der Waals surface area contributed by atoms with E-state index in [0.717, 1.165) is 24.6 Å². The van der Waals surface area contributed by atoms with Gasteiger partial charge in [0.05, 0.1) is 0 Å². The molecule has 98 valence electrons. The van der Waals surface area contributed by atoms with Crippen molar-refractivity contribution >= 4 is 0 Å². The van der Waals surface area contributed by atoms with Gasteiger partial charge in [-0.1, -0.05) is 38.0 Å². The molecule has 0 radical (unpaired) electrons. The lowest BCUT2D eigenvalue weighted by molar-refractivity contribution is 0.160. The van der Waals surface area contributed by atoms with Gasteiger partial charge in [-0.05, 0) is 42.3 Å². The van der Waals surface area contributed by atoms with E-state index in [0.29, 0.717) is 5.92 Å².